The fraction of sp³-hybridized carbons (Fsp3) is 0.0169. The second-order valence-electron chi connectivity index (χ2n) is 15.7. The Balaban J connectivity index is 0.975. The minimum Gasteiger partial charge on any atom is -0.458 e. The van der Waals surface area contributed by atoms with E-state index in [1.807, 2.05) is 24.3 Å². The summed E-state index contributed by atoms with van der Waals surface area (Å²) >= 11 is 0. The van der Waals surface area contributed by atoms with Crippen LogP contribution in [0.5, 0.6) is 5.75 Å². The Kier molecular flexibility index (Phi) is 9.72. The van der Waals surface area contributed by atoms with Gasteiger partial charge in [0.1, 0.15) is 16.9 Å². The molecule has 0 aliphatic carbocycles. The van der Waals surface area contributed by atoms with Crippen molar-refractivity contribution in [2.75, 3.05) is 9.80 Å². The van der Waals surface area contributed by atoms with Crippen LogP contribution in [0, 0.1) is 0 Å². The Morgan fingerprint density at radius 1 is 0.429 bits per heavy atom. The Morgan fingerprint density at radius 3 is 1.70 bits per heavy atom. The molecule has 1 aliphatic heterocycles. The summed E-state index contributed by atoms with van der Waals surface area (Å²) < 4.78 is 13.3. The van der Waals surface area contributed by atoms with Crippen LogP contribution in [-0.4, -0.2) is 0 Å². The van der Waals surface area contributed by atoms with Crippen molar-refractivity contribution in [3.63, 3.8) is 0 Å². The van der Waals surface area contributed by atoms with Gasteiger partial charge in [-0.25, -0.2) is 0 Å². The van der Waals surface area contributed by atoms with Crippen LogP contribution in [0.15, 0.2) is 235 Å². The average Bonchev–Trinajstić information content (AvgIpc) is 3.74. The number of rotatable bonds is 9. The Labute approximate surface area is 366 Å². The van der Waals surface area contributed by atoms with E-state index in [-0.39, 0.29) is 0 Å². The molecule has 63 heavy (non-hydrogen) atoms. The zero-order valence-electron chi connectivity index (χ0n) is 34.7. The Bertz CT molecular complexity index is 3370. The van der Waals surface area contributed by atoms with Crippen LogP contribution in [0.1, 0.15) is 6.92 Å². The third-order valence-corrected chi connectivity index (χ3v) is 11.9. The van der Waals surface area contributed by atoms with Crippen LogP contribution in [0.3, 0.4) is 0 Å². The first-order valence-corrected chi connectivity index (χ1v) is 21.3. The van der Waals surface area contributed by atoms with Crippen LogP contribution < -0.4 is 25.0 Å². The summed E-state index contributed by atoms with van der Waals surface area (Å²) in [5, 5.41) is 4.41. The maximum atomic E-state index is 6.87. The molecule has 2 heterocycles. The van der Waals surface area contributed by atoms with Gasteiger partial charge in [-0.3, -0.25) is 0 Å². The molecule has 1 aliphatic rings. The van der Waals surface area contributed by atoms with Crippen LogP contribution in [0.25, 0.3) is 67.2 Å². The second kappa shape index (κ2) is 16.3. The number of fused-ring (bicyclic) bond motifs is 6. The fourth-order valence-electron chi connectivity index (χ4n) is 8.91. The van der Waals surface area contributed by atoms with E-state index in [0.717, 1.165) is 94.6 Å². The highest BCUT2D eigenvalue weighted by atomic mass is 16.5. The van der Waals surface area contributed by atoms with E-state index in [1.165, 1.54) is 11.1 Å². The predicted octanol–water partition coefficient (Wildman–Crippen LogP) is 14.7. The molecule has 0 saturated carbocycles. The number of hydrogen-bond donors (Lipinski definition) is 0. The minimum absolute atomic E-state index is 0.841. The standard InChI is InChI=1S/C59H42N2O2/c1-41-57-45(19-13-27-52(57)54-29-15-30-55(59(54)62-41)61(48-21-7-3-8-22-48)49-23-9-4-10-24-49)20-16-40-60(46-36-32-43(33-37-46)42-17-5-2-6-18-42)47-38-34-44(35-39-47)50-26-14-28-53-51-25-11-12-31-56(51)63-58(50)53/h2-40H,1H3/b40-16+,45-20-. The van der Waals surface area contributed by atoms with Crippen molar-refractivity contribution in [3.8, 4) is 39.1 Å². The lowest BCUT2D eigenvalue weighted by atomic mass is 9.96. The van der Waals surface area contributed by atoms with E-state index < -0.39 is 0 Å². The Morgan fingerprint density at radius 2 is 0.984 bits per heavy atom. The molecular weight excluding hydrogens is 769 g/mol. The molecule has 11 rings (SSSR count). The van der Waals surface area contributed by atoms with Crippen molar-refractivity contribution in [3.05, 3.63) is 241 Å². The molecule has 0 saturated heterocycles. The van der Waals surface area contributed by atoms with E-state index in [4.69, 9.17) is 9.15 Å². The van der Waals surface area contributed by atoms with Gasteiger partial charge in [-0.05, 0) is 101 Å². The van der Waals surface area contributed by atoms with E-state index >= 15 is 0 Å². The molecule has 4 heteroatoms. The minimum atomic E-state index is 0.841. The number of allylic oxidation sites excluding steroid dienone is 1. The number of anilines is 5. The molecule has 10 aromatic rings. The predicted molar refractivity (Wildman–Crippen MR) is 262 cm³/mol. The second-order valence-corrected chi connectivity index (χ2v) is 15.7. The number of para-hydroxylation sites is 5. The fourth-order valence-corrected chi connectivity index (χ4v) is 8.91. The first kappa shape index (κ1) is 37.6. The molecule has 0 N–H and O–H groups in total. The topological polar surface area (TPSA) is 28.9 Å². The molecule has 0 bridgehead atoms. The smallest absolute Gasteiger partial charge is 0.158 e. The van der Waals surface area contributed by atoms with Crippen molar-refractivity contribution in [2.24, 2.45) is 0 Å². The highest BCUT2D eigenvalue weighted by Gasteiger charge is 2.24. The average molecular weight is 811 g/mol. The van der Waals surface area contributed by atoms with Crippen molar-refractivity contribution < 1.29 is 9.15 Å². The highest BCUT2D eigenvalue weighted by molar-refractivity contribution is 6.09. The van der Waals surface area contributed by atoms with Gasteiger partial charge < -0.3 is 19.0 Å². The monoisotopic (exact) mass is 810 g/mol. The SMILES string of the molecule is CC1=c2c(ccc/c2=C/C=C/N(c2ccc(-c3ccccc3)cc2)c2ccc(-c3cccc4c3oc3ccccc34)cc2)-c2cccc(N(c3ccccc3)c3ccccc3)c2O1. The maximum Gasteiger partial charge on any atom is 0.158 e. The van der Waals surface area contributed by atoms with E-state index in [0.29, 0.717) is 0 Å². The van der Waals surface area contributed by atoms with Gasteiger partial charge in [-0.1, -0.05) is 164 Å². The summed E-state index contributed by atoms with van der Waals surface area (Å²) in [4.78, 5) is 4.51. The summed E-state index contributed by atoms with van der Waals surface area (Å²) in [6.45, 7) is 2.07. The van der Waals surface area contributed by atoms with Crippen LogP contribution in [-0.2, 0) is 0 Å². The number of ether oxygens (including phenoxy) is 1. The van der Waals surface area contributed by atoms with Crippen molar-refractivity contribution in [1.29, 1.82) is 0 Å². The normalized spacial score (nSPS) is 12.3. The van der Waals surface area contributed by atoms with Crippen molar-refractivity contribution in [2.45, 2.75) is 6.92 Å². The van der Waals surface area contributed by atoms with E-state index in [2.05, 4.69) is 229 Å². The first-order valence-electron chi connectivity index (χ1n) is 21.3. The highest BCUT2D eigenvalue weighted by Crippen LogP contribution is 2.46. The Hall–Kier alpha value is -8.34. The molecule has 1 aromatic heterocycles. The van der Waals surface area contributed by atoms with Gasteiger partial charge in [0.2, 0.25) is 0 Å². The van der Waals surface area contributed by atoms with Crippen molar-refractivity contribution >= 4 is 62.2 Å². The van der Waals surface area contributed by atoms with Crippen molar-refractivity contribution in [1.82, 2.24) is 0 Å². The molecule has 0 radical (unpaired) electrons. The van der Waals surface area contributed by atoms with Gasteiger partial charge in [0.05, 0.1) is 5.69 Å². The molecule has 0 spiro atoms. The molecule has 0 unspecified atom stereocenters. The number of benzene rings is 9. The van der Waals surface area contributed by atoms with E-state index in [1.54, 1.807) is 0 Å². The van der Waals surface area contributed by atoms with Crippen LogP contribution in [0.4, 0.5) is 28.4 Å². The first-order chi connectivity index (χ1) is 31.2. The molecule has 0 atom stereocenters. The molecular formula is C59H42N2O2. The van der Waals surface area contributed by atoms with E-state index in [9.17, 15) is 0 Å². The lowest BCUT2D eigenvalue weighted by Gasteiger charge is -2.30. The van der Waals surface area contributed by atoms with Gasteiger partial charge in [0.15, 0.2) is 5.75 Å². The van der Waals surface area contributed by atoms with Gasteiger partial charge >= 0.3 is 0 Å². The summed E-state index contributed by atoms with van der Waals surface area (Å²) in [5.74, 6) is 1.70. The lowest BCUT2D eigenvalue weighted by molar-refractivity contribution is 0.501. The lowest BCUT2D eigenvalue weighted by Crippen LogP contribution is -2.32. The summed E-state index contributed by atoms with van der Waals surface area (Å²) in [7, 11) is 0. The maximum absolute atomic E-state index is 6.87. The molecule has 0 fully saturated rings. The quantitative estimate of drug-likeness (QED) is 0.145. The largest absolute Gasteiger partial charge is 0.458 e. The number of nitrogens with zero attached hydrogens (tertiary/aromatic N) is 2. The van der Waals surface area contributed by atoms with Gasteiger partial charge in [0.25, 0.3) is 0 Å². The summed E-state index contributed by atoms with van der Waals surface area (Å²) in [6, 6.07) is 76.5. The van der Waals surface area contributed by atoms with Gasteiger partial charge in [-0.2, -0.15) is 0 Å². The van der Waals surface area contributed by atoms with Gasteiger partial charge in [0, 0.05) is 56.1 Å². The van der Waals surface area contributed by atoms with Crippen LogP contribution >= 0.6 is 0 Å². The third-order valence-electron chi connectivity index (χ3n) is 11.9. The molecule has 4 nitrogen and oxygen atoms in total. The third kappa shape index (κ3) is 7.04. The number of furan rings is 1. The molecule has 0 amide bonds. The molecule has 9 aromatic carbocycles. The zero-order valence-corrected chi connectivity index (χ0v) is 34.7. The zero-order chi connectivity index (χ0) is 42.1. The summed E-state index contributed by atoms with van der Waals surface area (Å²) in [6.07, 6.45) is 6.47. The summed E-state index contributed by atoms with van der Waals surface area (Å²) in [5.41, 5.74) is 13.7. The van der Waals surface area contributed by atoms with Gasteiger partial charge in [-0.15, -0.1) is 0 Å². The van der Waals surface area contributed by atoms with Crippen LogP contribution in [0.2, 0.25) is 0 Å². The number of hydrogen-bond acceptors (Lipinski definition) is 4. The molecule has 300 valence electrons.